The number of halogens is 1. The summed E-state index contributed by atoms with van der Waals surface area (Å²) >= 11 is 6.00. The van der Waals surface area contributed by atoms with Crippen LogP contribution in [-0.4, -0.2) is 33.0 Å². The van der Waals surface area contributed by atoms with Gasteiger partial charge in [0.25, 0.3) is 0 Å². The Labute approximate surface area is 133 Å². The molecule has 2 heterocycles. The topological polar surface area (TPSA) is 75.1 Å². The lowest BCUT2D eigenvalue weighted by Crippen LogP contribution is -2.29. The molecule has 1 aliphatic rings. The molecule has 22 heavy (non-hydrogen) atoms. The summed E-state index contributed by atoms with van der Waals surface area (Å²) < 4.78 is 0. The van der Waals surface area contributed by atoms with Gasteiger partial charge in [-0.25, -0.2) is 4.98 Å². The minimum atomic E-state index is -0.216. The number of rotatable bonds is 3. The number of aliphatic hydroxyl groups excluding tert-OH is 1. The molecule has 0 aromatic carbocycles. The van der Waals surface area contributed by atoms with E-state index in [-0.39, 0.29) is 17.9 Å². The van der Waals surface area contributed by atoms with Crippen LogP contribution in [0.5, 0.6) is 0 Å². The molecule has 116 valence electrons. The highest BCUT2D eigenvalue weighted by Crippen LogP contribution is 2.29. The Balaban J connectivity index is 2.02. The van der Waals surface area contributed by atoms with Crippen LogP contribution >= 0.6 is 11.6 Å². The summed E-state index contributed by atoms with van der Waals surface area (Å²) in [5, 5.41) is 13.4. The van der Waals surface area contributed by atoms with E-state index < -0.39 is 0 Å². The van der Waals surface area contributed by atoms with Crippen LogP contribution in [0, 0.1) is 0 Å². The Hall–Kier alpha value is -1.72. The first kappa shape index (κ1) is 15.2. The second-order valence-electron chi connectivity index (χ2n) is 5.75. The van der Waals surface area contributed by atoms with E-state index in [0.29, 0.717) is 27.4 Å². The Morgan fingerprint density at radius 1 is 1.32 bits per heavy atom. The Kier molecular flexibility index (Phi) is 4.27. The molecular weight excluding hydrogens is 302 g/mol. The van der Waals surface area contributed by atoms with Crippen molar-refractivity contribution in [1.82, 2.24) is 9.97 Å². The van der Waals surface area contributed by atoms with Crippen molar-refractivity contribution in [2.45, 2.75) is 44.8 Å². The number of nitrogens with one attached hydrogen (secondary N) is 1. The molecule has 3 rings (SSSR count). The number of carbonyl (C=O) groups excluding carboxylic acids is 1. The number of hydrogen-bond acceptors (Lipinski definition) is 5. The number of ketones is 1. The number of hydrogen-bond donors (Lipinski definition) is 2. The lowest BCUT2D eigenvalue weighted by Gasteiger charge is -2.28. The van der Waals surface area contributed by atoms with Crippen LogP contribution in [0.2, 0.25) is 5.15 Å². The molecule has 0 radical (unpaired) electrons. The predicted octanol–water partition coefficient (Wildman–Crippen LogP) is 3.20. The fraction of sp³-hybridized carbons (Fsp3) is 0.438. The Morgan fingerprint density at radius 3 is 2.73 bits per heavy atom. The second-order valence-corrected chi connectivity index (χ2v) is 6.14. The number of fused-ring (bicyclic) bond motifs is 1. The molecule has 1 saturated carbocycles. The first-order chi connectivity index (χ1) is 10.5. The molecular formula is C16H18ClN3O2. The van der Waals surface area contributed by atoms with Gasteiger partial charge in [-0.05, 0) is 44.7 Å². The van der Waals surface area contributed by atoms with Crippen LogP contribution in [0.3, 0.4) is 0 Å². The van der Waals surface area contributed by atoms with Crippen LogP contribution in [-0.2, 0) is 0 Å². The molecule has 0 unspecified atom stereocenters. The van der Waals surface area contributed by atoms with E-state index >= 15 is 0 Å². The van der Waals surface area contributed by atoms with E-state index in [0.717, 1.165) is 25.7 Å². The van der Waals surface area contributed by atoms with Crippen LogP contribution in [0.25, 0.3) is 11.0 Å². The largest absolute Gasteiger partial charge is 0.393 e. The number of pyridine rings is 2. The molecule has 2 N–H and O–H groups in total. The minimum Gasteiger partial charge on any atom is -0.393 e. The monoisotopic (exact) mass is 319 g/mol. The Morgan fingerprint density at radius 2 is 2.05 bits per heavy atom. The quantitative estimate of drug-likeness (QED) is 0.671. The molecule has 0 saturated heterocycles. The SMILES string of the molecule is CC(=O)c1cnc2ccc(Cl)nc2c1N[C@H]1CC[C@H](O)CC1. The zero-order valence-corrected chi connectivity index (χ0v) is 13.1. The zero-order valence-electron chi connectivity index (χ0n) is 12.3. The van der Waals surface area contributed by atoms with Crippen molar-refractivity contribution in [1.29, 1.82) is 0 Å². The summed E-state index contributed by atoms with van der Waals surface area (Å²) in [7, 11) is 0. The van der Waals surface area contributed by atoms with E-state index in [1.807, 2.05) is 0 Å². The van der Waals surface area contributed by atoms with Gasteiger partial charge < -0.3 is 10.4 Å². The summed E-state index contributed by atoms with van der Waals surface area (Å²) in [6, 6.07) is 3.70. The van der Waals surface area contributed by atoms with Crippen LogP contribution in [0.1, 0.15) is 43.0 Å². The van der Waals surface area contributed by atoms with Gasteiger partial charge in [-0.3, -0.25) is 9.78 Å². The first-order valence-corrected chi connectivity index (χ1v) is 7.83. The van der Waals surface area contributed by atoms with Gasteiger partial charge >= 0.3 is 0 Å². The second kappa shape index (κ2) is 6.18. The number of anilines is 1. The van der Waals surface area contributed by atoms with Crippen LogP contribution in [0.4, 0.5) is 5.69 Å². The lowest BCUT2D eigenvalue weighted by molar-refractivity contribution is 0.101. The average Bonchev–Trinajstić information content (AvgIpc) is 2.49. The summed E-state index contributed by atoms with van der Waals surface area (Å²) in [5.41, 5.74) is 2.54. The van der Waals surface area contributed by atoms with Gasteiger partial charge in [0.15, 0.2) is 5.78 Å². The highest BCUT2D eigenvalue weighted by Gasteiger charge is 2.22. The smallest absolute Gasteiger partial charge is 0.163 e. The van der Waals surface area contributed by atoms with E-state index in [9.17, 15) is 9.90 Å². The maximum absolute atomic E-state index is 11.9. The van der Waals surface area contributed by atoms with Crippen molar-refractivity contribution in [2.24, 2.45) is 0 Å². The van der Waals surface area contributed by atoms with Gasteiger partial charge in [0.1, 0.15) is 10.7 Å². The maximum Gasteiger partial charge on any atom is 0.163 e. The molecule has 1 fully saturated rings. The van der Waals surface area contributed by atoms with Gasteiger partial charge in [-0.2, -0.15) is 0 Å². The third kappa shape index (κ3) is 3.05. The number of aliphatic hydroxyl groups is 1. The average molecular weight is 320 g/mol. The molecule has 1 aliphatic carbocycles. The third-order valence-corrected chi connectivity index (χ3v) is 4.31. The summed E-state index contributed by atoms with van der Waals surface area (Å²) in [6.07, 6.45) is 4.63. The summed E-state index contributed by atoms with van der Waals surface area (Å²) in [5.74, 6) is -0.0606. The number of Topliss-reactive ketones (excluding diaryl/α,β-unsaturated/α-hetero) is 1. The third-order valence-electron chi connectivity index (χ3n) is 4.10. The predicted molar refractivity (Wildman–Crippen MR) is 86.4 cm³/mol. The highest BCUT2D eigenvalue weighted by atomic mass is 35.5. The number of aromatic nitrogens is 2. The normalized spacial score (nSPS) is 21.8. The standard InChI is InChI=1S/C16H18ClN3O2/c1-9(21)12-8-18-13-6-7-14(17)20-16(13)15(12)19-10-2-4-11(22)5-3-10/h6-8,10-11,22H,2-5H2,1H3,(H,18,19)/t10-,11-. The molecule has 0 amide bonds. The molecule has 0 atom stereocenters. The van der Waals surface area contributed by atoms with E-state index in [1.165, 1.54) is 6.92 Å². The maximum atomic E-state index is 11.9. The molecule has 2 aromatic heterocycles. The van der Waals surface area contributed by atoms with Crippen molar-refractivity contribution in [3.05, 3.63) is 29.0 Å². The van der Waals surface area contributed by atoms with Crippen molar-refractivity contribution >= 4 is 34.1 Å². The first-order valence-electron chi connectivity index (χ1n) is 7.45. The van der Waals surface area contributed by atoms with Crippen LogP contribution in [0.15, 0.2) is 18.3 Å². The fourth-order valence-corrected chi connectivity index (χ4v) is 3.03. The van der Waals surface area contributed by atoms with Crippen molar-refractivity contribution in [3.63, 3.8) is 0 Å². The molecule has 5 nitrogen and oxygen atoms in total. The summed E-state index contributed by atoms with van der Waals surface area (Å²) in [4.78, 5) is 20.5. The van der Waals surface area contributed by atoms with Crippen molar-refractivity contribution in [2.75, 3.05) is 5.32 Å². The van der Waals surface area contributed by atoms with Gasteiger partial charge in [0.05, 0.1) is 22.9 Å². The van der Waals surface area contributed by atoms with Gasteiger partial charge in [-0.1, -0.05) is 11.6 Å². The van der Waals surface area contributed by atoms with Crippen molar-refractivity contribution in [3.8, 4) is 0 Å². The van der Waals surface area contributed by atoms with Crippen molar-refractivity contribution < 1.29 is 9.90 Å². The van der Waals surface area contributed by atoms with E-state index in [2.05, 4.69) is 15.3 Å². The lowest BCUT2D eigenvalue weighted by atomic mass is 9.92. The zero-order chi connectivity index (χ0) is 15.7. The summed E-state index contributed by atoms with van der Waals surface area (Å²) in [6.45, 7) is 1.52. The van der Waals surface area contributed by atoms with Gasteiger partial charge in [-0.15, -0.1) is 0 Å². The van der Waals surface area contributed by atoms with Crippen LogP contribution < -0.4 is 5.32 Å². The molecule has 6 heteroatoms. The molecule has 2 aromatic rings. The number of carbonyl (C=O) groups is 1. The molecule has 0 spiro atoms. The fourth-order valence-electron chi connectivity index (χ4n) is 2.88. The van der Waals surface area contributed by atoms with Gasteiger partial charge in [0.2, 0.25) is 0 Å². The van der Waals surface area contributed by atoms with E-state index in [4.69, 9.17) is 11.6 Å². The Bertz CT molecular complexity index is 712. The highest BCUT2D eigenvalue weighted by molar-refractivity contribution is 6.30. The minimum absolute atomic E-state index is 0.0606. The number of nitrogens with zero attached hydrogens (tertiary/aromatic N) is 2. The van der Waals surface area contributed by atoms with E-state index in [1.54, 1.807) is 18.3 Å². The molecule has 0 bridgehead atoms. The van der Waals surface area contributed by atoms with Gasteiger partial charge in [0, 0.05) is 12.2 Å². The molecule has 0 aliphatic heterocycles.